The second kappa shape index (κ2) is 4.37. The van der Waals surface area contributed by atoms with Crippen LogP contribution in [0.5, 0.6) is 0 Å². The summed E-state index contributed by atoms with van der Waals surface area (Å²) in [6.07, 6.45) is 1.97. The normalized spacial score (nSPS) is 8.12. The Morgan fingerprint density at radius 2 is 2.38 bits per heavy atom. The van der Waals surface area contributed by atoms with Crippen LogP contribution >= 0.6 is 0 Å². The second-order valence-corrected chi connectivity index (χ2v) is 1.35. The highest BCUT2D eigenvalue weighted by atomic mass is 16.1. The third-order valence-electron chi connectivity index (χ3n) is 0.661. The van der Waals surface area contributed by atoms with E-state index < -0.39 is 0 Å². The number of rotatable bonds is 3. The Hall–Kier alpha value is -0.790. The number of hydrogen-bond acceptors (Lipinski definition) is 1. The van der Waals surface area contributed by atoms with Crippen molar-refractivity contribution in [1.29, 1.82) is 0 Å². The number of nitrogens with one attached hydrogen (secondary N) is 1. The van der Waals surface area contributed by atoms with Gasteiger partial charge in [0.15, 0.2) is 0 Å². The molecule has 0 saturated carbocycles. The fraction of sp³-hybridized carbons (Fsp3) is 0.333. The average molecular weight is 112 g/mol. The molecule has 0 rings (SSSR count). The maximum Gasteiger partial charge on any atom is 0.243 e. The average Bonchev–Trinajstić information content (AvgIpc) is 1.83. The Morgan fingerprint density at radius 1 is 1.75 bits per heavy atom. The van der Waals surface area contributed by atoms with Crippen molar-refractivity contribution in [2.75, 3.05) is 6.54 Å². The van der Waals surface area contributed by atoms with Crippen LogP contribution in [-0.2, 0) is 4.79 Å². The Bertz CT molecular complexity index is 88.5. The van der Waals surface area contributed by atoms with Crippen molar-refractivity contribution in [1.82, 2.24) is 5.32 Å². The van der Waals surface area contributed by atoms with Crippen molar-refractivity contribution in [3.63, 3.8) is 0 Å². The largest absolute Gasteiger partial charge is 0.353 e. The summed E-state index contributed by atoms with van der Waals surface area (Å²) in [5.74, 6) is -0.131. The molecule has 0 aliphatic rings. The first-order valence-corrected chi connectivity index (χ1v) is 2.50. The van der Waals surface area contributed by atoms with E-state index in [1.54, 1.807) is 0 Å². The van der Waals surface area contributed by atoms with Gasteiger partial charge in [-0.1, -0.05) is 13.5 Å². The summed E-state index contributed by atoms with van der Waals surface area (Å²) in [6, 6.07) is 0. The number of carbonyl (C=O) groups excluding carboxylic acids is 1. The number of carbonyl (C=O) groups is 1. The summed E-state index contributed by atoms with van der Waals surface area (Å²) >= 11 is 0. The predicted molar refractivity (Wildman–Crippen MR) is 33.2 cm³/mol. The maximum absolute atomic E-state index is 10.3. The third kappa shape index (κ3) is 3.40. The first kappa shape index (κ1) is 7.21. The molecule has 2 heteroatoms. The van der Waals surface area contributed by atoms with Gasteiger partial charge in [0.25, 0.3) is 0 Å². The molecule has 0 spiro atoms. The molecule has 0 bridgehead atoms. The van der Waals surface area contributed by atoms with Crippen LogP contribution in [0, 0.1) is 6.92 Å². The Kier molecular flexibility index (Phi) is 3.94. The van der Waals surface area contributed by atoms with Crippen molar-refractivity contribution < 1.29 is 4.79 Å². The van der Waals surface area contributed by atoms with E-state index in [0.717, 1.165) is 6.42 Å². The molecule has 0 fully saturated rings. The van der Waals surface area contributed by atoms with E-state index in [1.807, 2.05) is 0 Å². The summed E-state index contributed by atoms with van der Waals surface area (Å²) in [6.45, 7) is 7.45. The summed E-state index contributed by atoms with van der Waals surface area (Å²) in [5, 5.41) is 2.56. The minimum Gasteiger partial charge on any atom is -0.353 e. The zero-order valence-electron chi connectivity index (χ0n) is 4.81. The second-order valence-electron chi connectivity index (χ2n) is 1.35. The molecule has 1 amide bonds. The van der Waals surface area contributed by atoms with Crippen molar-refractivity contribution in [2.45, 2.75) is 6.42 Å². The molecule has 0 aromatic heterocycles. The highest BCUT2D eigenvalue weighted by molar-refractivity contribution is 5.86. The molecule has 0 saturated heterocycles. The van der Waals surface area contributed by atoms with E-state index in [4.69, 9.17) is 0 Å². The molecule has 0 atom stereocenters. The van der Waals surface area contributed by atoms with Crippen LogP contribution in [0.15, 0.2) is 12.7 Å². The highest BCUT2D eigenvalue weighted by Gasteiger charge is 1.86. The van der Waals surface area contributed by atoms with E-state index in [1.165, 1.54) is 6.08 Å². The number of hydrogen-bond donors (Lipinski definition) is 1. The Labute approximate surface area is 49.6 Å². The SMILES string of the molecule is [CH2]CCNC(=O)C=C. The molecule has 2 nitrogen and oxygen atoms in total. The molecule has 1 N–H and O–H groups in total. The minimum absolute atomic E-state index is 0.131. The summed E-state index contributed by atoms with van der Waals surface area (Å²) < 4.78 is 0. The predicted octanol–water partition coefficient (Wildman–Crippen LogP) is 0.513. The van der Waals surface area contributed by atoms with Crippen LogP contribution in [0.3, 0.4) is 0 Å². The first-order chi connectivity index (χ1) is 3.81. The van der Waals surface area contributed by atoms with Gasteiger partial charge in [-0.05, 0) is 12.5 Å². The van der Waals surface area contributed by atoms with Gasteiger partial charge >= 0.3 is 0 Å². The lowest BCUT2D eigenvalue weighted by atomic mass is 10.4. The molecule has 0 heterocycles. The fourth-order valence-electron chi connectivity index (χ4n) is 0.284. The van der Waals surface area contributed by atoms with Crippen LogP contribution in [0.25, 0.3) is 0 Å². The molecule has 0 aromatic carbocycles. The van der Waals surface area contributed by atoms with E-state index in [9.17, 15) is 4.79 Å². The Balaban J connectivity index is 3.11. The Morgan fingerprint density at radius 3 is 2.75 bits per heavy atom. The lowest BCUT2D eigenvalue weighted by Crippen LogP contribution is -2.20. The van der Waals surface area contributed by atoms with Gasteiger partial charge in [0.1, 0.15) is 0 Å². The van der Waals surface area contributed by atoms with Gasteiger partial charge in [-0.2, -0.15) is 0 Å². The molecule has 0 aliphatic carbocycles. The lowest BCUT2D eigenvalue weighted by molar-refractivity contribution is -0.116. The van der Waals surface area contributed by atoms with Crippen molar-refractivity contribution >= 4 is 5.91 Å². The topological polar surface area (TPSA) is 29.1 Å². The van der Waals surface area contributed by atoms with Crippen LogP contribution in [-0.4, -0.2) is 12.5 Å². The van der Waals surface area contributed by atoms with Gasteiger partial charge in [0.2, 0.25) is 5.91 Å². The van der Waals surface area contributed by atoms with Gasteiger partial charge in [0.05, 0.1) is 0 Å². The van der Waals surface area contributed by atoms with Gasteiger partial charge in [0, 0.05) is 6.54 Å². The van der Waals surface area contributed by atoms with Crippen LogP contribution in [0.2, 0.25) is 0 Å². The molecular formula is C6H10NO. The van der Waals surface area contributed by atoms with Gasteiger partial charge in [-0.3, -0.25) is 4.79 Å². The van der Waals surface area contributed by atoms with Gasteiger partial charge in [-0.15, -0.1) is 0 Å². The van der Waals surface area contributed by atoms with E-state index in [2.05, 4.69) is 18.8 Å². The van der Waals surface area contributed by atoms with E-state index >= 15 is 0 Å². The fourth-order valence-corrected chi connectivity index (χ4v) is 0.284. The van der Waals surface area contributed by atoms with Crippen LogP contribution in [0.4, 0.5) is 0 Å². The first-order valence-electron chi connectivity index (χ1n) is 2.50. The molecule has 8 heavy (non-hydrogen) atoms. The maximum atomic E-state index is 10.3. The van der Waals surface area contributed by atoms with E-state index in [0.29, 0.717) is 6.54 Å². The molecule has 0 unspecified atom stereocenters. The lowest BCUT2D eigenvalue weighted by Gasteiger charge is -1.94. The summed E-state index contributed by atoms with van der Waals surface area (Å²) in [7, 11) is 0. The van der Waals surface area contributed by atoms with Crippen LogP contribution in [0.1, 0.15) is 6.42 Å². The van der Waals surface area contributed by atoms with Crippen molar-refractivity contribution in [3.05, 3.63) is 19.6 Å². The summed E-state index contributed by atoms with van der Waals surface area (Å²) in [4.78, 5) is 10.3. The molecular weight excluding hydrogens is 102 g/mol. The third-order valence-corrected chi connectivity index (χ3v) is 0.661. The van der Waals surface area contributed by atoms with Crippen molar-refractivity contribution in [3.8, 4) is 0 Å². The van der Waals surface area contributed by atoms with E-state index in [-0.39, 0.29) is 5.91 Å². The zero-order valence-corrected chi connectivity index (χ0v) is 4.81. The van der Waals surface area contributed by atoms with Crippen LogP contribution < -0.4 is 5.32 Å². The molecule has 0 aromatic rings. The minimum atomic E-state index is -0.131. The quantitative estimate of drug-likeness (QED) is 0.529. The molecule has 45 valence electrons. The van der Waals surface area contributed by atoms with Gasteiger partial charge < -0.3 is 5.32 Å². The van der Waals surface area contributed by atoms with Gasteiger partial charge in [-0.25, -0.2) is 0 Å². The standard InChI is InChI=1S/C6H10NO/c1-3-5-7-6(8)4-2/h4H,1-3,5H2,(H,7,8). The smallest absolute Gasteiger partial charge is 0.243 e. The summed E-state index contributed by atoms with van der Waals surface area (Å²) in [5.41, 5.74) is 0. The highest BCUT2D eigenvalue weighted by Crippen LogP contribution is 1.69. The number of amides is 1. The monoisotopic (exact) mass is 112 g/mol. The zero-order chi connectivity index (χ0) is 6.41. The molecule has 0 aliphatic heterocycles. The van der Waals surface area contributed by atoms with Crippen molar-refractivity contribution in [2.24, 2.45) is 0 Å². The molecule has 1 radical (unpaired) electrons.